The van der Waals surface area contributed by atoms with Crippen molar-refractivity contribution in [1.82, 2.24) is 0 Å². The fourth-order valence-electron chi connectivity index (χ4n) is 5.64. The van der Waals surface area contributed by atoms with Crippen LogP contribution in [0.5, 0.6) is 0 Å². The molecule has 2 aliphatic carbocycles. The minimum absolute atomic E-state index is 0.578. The summed E-state index contributed by atoms with van der Waals surface area (Å²) in [6, 6.07) is 5.44. The Morgan fingerprint density at radius 3 is 1.79 bits per heavy atom. The summed E-state index contributed by atoms with van der Waals surface area (Å²) in [4.78, 5) is 0. The third-order valence-corrected chi connectivity index (χ3v) is 7.44. The SMILES string of the molecule is CCCC1CCC(C2CCC(CC/C=C\c3ccc(C(F)(F)F)cc3)CC2)CC1. The summed E-state index contributed by atoms with van der Waals surface area (Å²) in [7, 11) is 0. The van der Waals surface area contributed by atoms with Crippen molar-refractivity contribution in [2.24, 2.45) is 23.7 Å². The maximum Gasteiger partial charge on any atom is 0.416 e. The fourth-order valence-corrected chi connectivity index (χ4v) is 5.64. The maximum atomic E-state index is 12.6. The zero-order valence-corrected chi connectivity index (χ0v) is 17.9. The van der Waals surface area contributed by atoms with Gasteiger partial charge in [-0.15, -0.1) is 0 Å². The number of hydrogen-bond donors (Lipinski definition) is 0. The smallest absolute Gasteiger partial charge is 0.166 e. The Balaban J connectivity index is 1.33. The Bertz CT molecular complexity index is 612. The Morgan fingerprint density at radius 1 is 0.793 bits per heavy atom. The first-order valence-electron chi connectivity index (χ1n) is 11.8. The topological polar surface area (TPSA) is 0 Å². The quantitative estimate of drug-likeness (QED) is 0.424. The molecule has 3 rings (SSSR count). The zero-order chi connectivity index (χ0) is 20.7. The Kier molecular flexibility index (Phi) is 8.26. The van der Waals surface area contributed by atoms with Gasteiger partial charge in [-0.05, 0) is 79.9 Å². The molecule has 0 amide bonds. The number of rotatable bonds is 7. The van der Waals surface area contributed by atoms with Gasteiger partial charge in [0.2, 0.25) is 0 Å². The maximum absolute atomic E-state index is 12.6. The molecule has 0 bridgehead atoms. The highest BCUT2D eigenvalue weighted by molar-refractivity contribution is 5.49. The zero-order valence-electron chi connectivity index (χ0n) is 17.9. The molecule has 162 valence electrons. The second-order valence-corrected chi connectivity index (χ2v) is 9.45. The summed E-state index contributed by atoms with van der Waals surface area (Å²) in [6.07, 6.45) is 16.3. The average molecular weight is 407 g/mol. The summed E-state index contributed by atoms with van der Waals surface area (Å²) < 4.78 is 37.8. The standard InChI is InChI=1S/C26H37F3/c1-2-5-20-8-14-23(15-9-20)24-16-10-21(11-17-24)6-3-4-7-22-12-18-25(19-13-22)26(27,28)29/h4,7,12-13,18-21,23-24H,2-3,5-6,8-11,14-17H2,1H3/b7-4-. The predicted octanol–water partition coefficient (Wildman–Crippen LogP) is 8.91. The Morgan fingerprint density at radius 2 is 1.31 bits per heavy atom. The van der Waals surface area contributed by atoms with E-state index < -0.39 is 11.7 Å². The summed E-state index contributed by atoms with van der Waals surface area (Å²) in [6.45, 7) is 2.31. The highest BCUT2D eigenvalue weighted by atomic mass is 19.4. The van der Waals surface area contributed by atoms with Crippen molar-refractivity contribution >= 4 is 6.08 Å². The fraction of sp³-hybridized carbons (Fsp3) is 0.692. The van der Waals surface area contributed by atoms with Gasteiger partial charge in [0, 0.05) is 0 Å². The van der Waals surface area contributed by atoms with Gasteiger partial charge in [0.1, 0.15) is 0 Å². The highest BCUT2D eigenvalue weighted by Crippen LogP contribution is 2.43. The van der Waals surface area contributed by atoms with Gasteiger partial charge < -0.3 is 0 Å². The lowest BCUT2D eigenvalue weighted by Gasteiger charge is -2.38. The van der Waals surface area contributed by atoms with Crippen molar-refractivity contribution in [3.63, 3.8) is 0 Å². The molecule has 0 spiro atoms. The lowest BCUT2D eigenvalue weighted by atomic mass is 9.68. The van der Waals surface area contributed by atoms with E-state index in [1.807, 2.05) is 6.08 Å². The number of hydrogen-bond acceptors (Lipinski definition) is 0. The lowest BCUT2D eigenvalue weighted by molar-refractivity contribution is -0.137. The van der Waals surface area contributed by atoms with Crippen LogP contribution in [-0.2, 0) is 6.18 Å². The summed E-state index contributed by atoms with van der Waals surface area (Å²) in [5.41, 5.74) is 0.269. The van der Waals surface area contributed by atoms with Crippen LogP contribution in [0.25, 0.3) is 6.08 Å². The molecule has 0 aromatic heterocycles. The van der Waals surface area contributed by atoms with Crippen LogP contribution in [0, 0.1) is 23.7 Å². The van der Waals surface area contributed by atoms with Crippen LogP contribution < -0.4 is 0 Å². The normalized spacial score (nSPS) is 28.7. The molecule has 3 heteroatoms. The molecule has 0 nitrogen and oxygen atoms in total. The van der Waals surface area contributed by atoms with Crippen molar-refractivity contribution in [3.05, 3.63) is 41.5 Å². The van der Waals surface area contributed by atoms with Crippen molar-refractivity contribution in [1.29, 1.82) is 0 Å². The molecule has 0 heterocycles. The second-order valence-electron chi connectivity index (χ2n) is 9.45. The van der Waals surface area contributed by atoms with Gasteiger partial charge in [0.05, 0.1) is 5.56 Å². The summed E-state index contributed by atoms with van der Waals surface area (Å²) >= 11 is 0. The van der Waals surface area contributed by atoms with E-state index >= 15 is 0 Å². The Hall–Kier alpha value is -1.25. The van der Waals surface area contributed by atoms with Gasteiger partial charge >= 0.3 is 6.18 Å². The number of benzene rings is 1. The van der Waals surface area contributed by atoms with Crippen molar-refractivity contribution in [2.45, 2.75) is 90.1 Å². The van der Waals surface area contributed by atoms with Crippen LogP contribution in [0.4, 0.5) is 13.2 Å². The first-order valence-corrected chi connectivity index (χ1v) is 11.8. The van der Waals surface area contributed by atoms with Gasteiger partial charge in [0.15, 0.2) is 0 Å². The first-order chi connectivity index (χ1) is 14.0. The second kappa shape index (κ2) is 10.7. The van der Waals surface area contributed by atoms with Crippen molar-refractivity contribution in [3.8, 4) is 0 Å². The monoisotopic (exact) mass is 406 g/mol. The van der Waals surface area contributed by atoms with Crippen LogP contribution in [0.2, 0.25) is 0 Å². The van der Waals surface area contributed by atoms with E-state index in [0.29, 0.717) is 0 Å². The molecular formula is C26H37F3. The van der Waals surface area contributed by atoms with Gasteiger partial charge in [0.25, 0.3) is 0 Å². The number of halogens is 3. The molecule has 2 fully saturated rings. The number of allylic oxidation sites excluding steroid dienone is 1. The molecule has 0 atom stereocenters. The molecule has 2 aliphatic rings. The van der Waals surface area contributed by atoms with Crippen LogP contribution in [-0.4, -0.2) is 0 Å². The van der Waals surface area contributed by atoms with E-state index in [1.165, 1.54) is 70.6 Å². The molecular weight excluding hydrogens is 369 g/mol. The molecule has 0 radical (unpaired) electrons. The van der Waals surface area contributed by atoms with Crippen molar-refractivity contribution < 1.29 is 13.2 Å². The van der Waals surface area contributed by atoms with E-state index in [-0.39, 0.29) is 0 Å². The Labute approximate surface area is 175 Å². The van der Waals surface area contributed by atoms with E-state index in [2.05, 4.69) is 13.0 Å². The lowest BCUT2D eigenvalue weighted by Crippen LogP contribution is -2.25. The summed E-state index contributed by atoms with van der Waals surface area (Å²) in [5.74, 6) is 3.80. The van der Waals surface area contributed by atoms with Crippen molar-refractivity contribution in [2.75, 3.05) is 0 Å². The minimum atomic E-state index is -4.25. The third kappa shape index (κ3) is 6.89. The number of alkyl halides is 3. The molecule has 0 N–H and O–H groups in total. The molecule has 29 heavy (non-hydrogen) atoms. The summed E-state index contributed by atoms with van der Waals surface area (Å²) in [5, 5.41) is 0. The van der Waals surface area contributed by atoms with Gasteiger partial charge in [-0.25, -0.2) is 0 Å². The third-order valence-electron chi connectivity index (χ3n) is 7.44. The first kappa shape index (κ1) is 22.4. The van der Waals surface area contributed by atoms with E-state index in [1.54, 1.807) is 12.1 Å². The molecule has 0 aliphatic heterocycles. The van der Waals surface area contributed by atoms with Crippen LogP contribution in [0.3, 0.4) is 0 Å². The minimum Gasteiger partial charge on any atom is -0.166 e. The van der Waals surface area contributed by atoms with Crippen LogP contribution in [0.15, 0.2) is 30.3 Å². The van der Waals surface area contributed by atoms with Gasteiger partial charge in [-0.2, -0.15) is 13.2 Å². The van der Waals surface area contributed by atoms with E-state index in [4.69, 9.17) is 0 Å². The van der Waals surface area contributed by atoms with E-state index in [0.717, 1.165) is 47.8 Å². The van der Waals surface area contributed by atoms with Crippen LogP contribution >= 0.6 is 0 Å². The van der Waals surface area contributed by atoms with Crippen LogP contribution in [0.1, 0.15) is 95.1 Å². The highest BCUT2D eigenvalue weighted by Gasteiger charge is 2.31. The molecule has 1 aromatic carbocycles. The molecule has 0 unspecified atom stereocenters. The molecule has 2 saturated carbocycles. The van der Waals surface area contributed by atoms with Gasteiger partial charge in [-0.3, -0.25) is 0 Å². The molecule has 0 saturated heterocycles. The van der Waals surface area contributed by atoms with E-state index in [9.17, 15) is 13.2 Å². The predicted molar refractivity (Wildman–Crippen MR) is 116 cm³/mol. The van der Waals surface area contributed by atoms with Gasteiger partial charge in [-0.1, -0.05) is 69.7 Å². The average Bonchev–Trinajstić information content (AvgIpc) is 2.72. The largest absolute Gasteiger partial charge is 0.416 e. The molecule has 1 aromatic rings.